The molecule has 1 aromatic heterocycles. The third-order valence-electron chi connectivity index (χ3n) is 2.92. The molecule has 0 aliphatic rings. The Kier molecular flexibility index (Phi) is 5.52. The zero-order valence-electron chi connectivity index (χ0n) is 11.8. The summed E-state index contributed by atoms with van der Waals surface area (Å²) in [5.74, 6) is -0.165. The van der Waals surface area contributed by atoms with Crippen molar-refractivity contribution in [3.63, 3.8) is 0 Å². The van der Waals surface area contributed by atoms with Crippen LogP contribution in [0.3, 0.4) is 0 Å². The molecule has 1 aromatic carbocycles. The number of aromatic nitrogens is 1. The van der Waals surface area contributed by atoms with Gasteiger partial charge in [0.25, 0.3) is 5.91 Å². The predicted octanol–water partition coefficient (Wildman–Crippen LogP) is 4.80. The number of hydrogen-bond donors (Lipinski definition) is 1. The van der Waals surface area contributed by atoms with Crippen LogP contribution >= 0.6 is 11.6 Å². The Labute approximate surface area is 129 Å². The summed E-state index contributed by atoms with van der Waals surface area (Å²) in [6.07, 6.45) is 7.94. The van der Waals surface area contributed by atoms with Crippen LogP contribution < -0.4 is 5.32 Å². The maximum absolute atomic E-state index is 12.1. The lowest BCUT2D eigenvalue weighted by Crippen LogP contribution is -2.11. The molecule has 108 valence electrons. The van der Waals surface area contributed by atoms with Crippen molar-refractivity contribution in [1.29, 1.82) is 0 Å². The van der Waals surface area contributed by atoms with Crippen molar-refractivity contribution in [2.24, 2.45) is 0 Å². The topological polar surface area (TPSA) is 42.0 Å². The van der Waals surface area contributed by atoms with Crippen LogP contribution in [0.1, 0.15) is 35.7 Å². The number of unbranched alkanes of at least 4 members (excludes halogenated alkanes) is 1. The highest BCUT2D eigenvalue weighted by molar-refractivity contribution is 6.29. The van der Waals surface area contributed by atoms with Crippen molar-refractivity contribution in [3.05, 3.63) is 65.0 Å². The first-order chi connectivity index (χ1) is 10.2. The highest BCUT2D eigenvalue weighted by Crippen LogP contribution is 2.14. The van der Waals surface area contributed by atoms with Gasteiger partial charge >= 0.3 is 0 Å². The molecule has 21 heavy (non-hydrogen) atoms. The normalized spacial score (nSPS) is 10.8. The monoisotopic (exact) mass is 300 g/mol. The number of pyridine rings is 1. The fourth-order valence-corrected chi connectivity index (χ4v) is 1.99. The van der Waals surface area contributed by atoms with Gasteiger partial charge in [-0.1, -0.05) is 49.2 Å². The standard InChI is InChI=1S/C17H17ClN2O/c1-2-3-4-5-13-6-8-14(9-7-13)17(21)20-15-10-11-19-16(18)12-15/h4-12H,2-3H2,1H3,(H,19,20,21)/b5-4+. The van der Waals surface area contributed by atoms with E-state index in [0.29, 0.717) is 16.4 Å². The fraction of sp³-hybridized carbons (Fsp3) is 0.176. The van der Waals surface area contributed by atoms with Crippen molar-refractivity contribution in [2.45, 2.75) is 19.8 Å². The molecule has 1 amide bonds. The SMILES string of the molecule is CCC/C=C/c1ccc(C(=O)Nc2ccnc(Cl)c2)cc1. The first-order valence-electron chi connectivity index (χ1n) is 6.88. The smallest absolute Gasteiger partial charge is 0.255 e. The Hall–Kier alpha value is -2.13. The maximum atomic E-state index is 12.1. The minimum Gasteiger partial charge on any atom is -0.322 e. The van der Waals surface area contributed by atoms with E-state index < -0.39 is 0 Å². The number of allylic oxidation sites excluding steroid dienone is 1. The van der Waals surface area contributed by atoms with Gasteiger partial charge in [-0.15, -0.1) is 0 Å². The molecule has 0 radical (unpaired) electrons. The van der Waals surface area contributed by atoms with Gasteiger partial charge in [-0.3, -0.25) is 4.79 Å². The second-order valence-corrected chi connectivity index (χ2v) is 5.02. The Morgan fingerprint density at radius 2 is 2.05 bits per heavy atom. The van der Waals surface area contributed by atoms with Crippen molar-refractivity contribution < 1.29 is 4.79 Å². The molecule has 0 atom stereocenters. The molecule has 3 nitrogen and oxygen atoms in total. The zero-order valence-corrected chi connectivity index (χ0v) is 12.6. The molecule has 4 heteroatoms. The minimum absolute atomic E-state index is 0.165. The molecule has 0 fully saturated rings. The number of amides is 1. The lowest BCUT2D eigenvalue weighted by molar-refractivity contribution is 0.102. The summed E-state index contributed by atoms with van der Waals surface area (Å²) in [6, 6.07) is 10.8. The van der Waals surface area contributed by atoms with Gasteiger partial charge in [0.1, 0.15) is 5.15 Å². The van der Waals surface area contributed by atoms with Crippen LogP contribution in [0.15, 0.2) is 48.7 Å². The quantitative estimate of drug-likeness (QED) is 0.806. The average molecular weight is 301 g/mol. The van der Waals surface area contributed by atoms with Gasteiger partial charge in [-0.25, -0.2) is 4.98 Å². The van der Waals surface area contributed by atoms with Gasteiger partial charge in [0.15, 0.2) is 0 Å². The van der Waals surface area contributed by atoms with E-state index >= 15 is 0 Å². The molecule has 1 heterocycles. The molecular formula is C17H17ClN2O. The van der Waals surface area contributed by atoms with E-state index in [2.05, 4.69) is 29.4 Å². The van der Waals surface area contributed by atoms with Crippen LogP contribution in [0.25, 0.3) is 6.08 Å². The minimum atomic E-state index is -0.165. The van der Waals surface area contributed by atoms with Gasteiger partial charge in [-0.2, -0.15) is 0 Å². The van der Waals surface area contributed by atoms with Gasteiger partial charge < -0.3 is 5.32 Å². The lowest BCUT2D eigenvalue weighted by atomic mass is 10.1. The Balaban J connectivity index is 2.03. The Morgan fingerprint density at radius 1 is 1.29 bits per heavy atom. The van der Waals surface area contributed by atoms with E-state index in [9.17, 15) is 4.79 Å². The molecule has 0 unspecified atom stereocenters. The van der Waals surface area contributed by atoms with E-state index in [1.807, 2.05) is 24.3 Å². The molecule has 0 spiro atoms. The number of carbonyl (C=O) groups excluding carboxylic acids is 1. The van der Waals surface area contributed by atoms with E-state index in [4.69, 9.17) is 11.6 Å². The highest BCUT2D eigenvalue weighted by atomic mass is 35.5. The maximum Gasteiger partial charge on any atom is 0.255 e. The molecule has 0 saturated carbocycles. The summed E-state index contributed by atoms with van der Waals surface area (Å²) in [6.45, 7) is 2.14. The molecule has 0 bridgehead atoms. The van der Waals surface area contributed by atoms with E-state index in [0.717, 1.165) is 18.4 Å². The third-order valence-corrected chi connectivity index (χ3v) is 3.13. The number of benzene rings is 1. The van der Waals surface area contributed by atoms with Crippen molar-refractivity contribution >= 4 is 29.3 Å². The molecule has 2 rings (SSSR count). The Morgan fingerprint density at radius 3 is 2.71 bits per heavy atom. The summed E-state index contributed by atoms with van der Waals surface area (Å²) < 4.78 is 0. The predicted molar refractivity (Wildman–Crippen MR) is 87.6 cm³/mol. The molecule has 0 saturated heterocycles. The van der Waals surface area contributed by atoms with Gasteiger partial charge in [-0.05, 0) is 36.2 Å². The van der Waals surface area contributed by atoms with Crippen molar-refractivity contribution in [1.82, 2.24) is 4.98 Å². The first-order valence-corrected chi connectivity index (χ1v) is 7.26. The summed E-state index contributed by atoms with van der Waals surface area (Å²) >= 11 is 5.79. The molecule has 2 aromatic rings. The average Bonchev–Trinajstić information content (AvgIpc) is 2.48. The number of nitrogens with zero attached hydrogens (tertiary/aromatic N) is 1. The molecular weight excluding hydrogens is 284 g/mol. The highest BCUT2D eigenvalue weighted by Gasteiger charge is 2.06. The summed E-state index contributed by atoms with van der Waals surface area (Å²) in [4.78, 5) is 16.0. The van der Waals surface area contributed by atoms with Gasteiger partial charge in [0, 0.05) is 17.4 Å². The van der Waals surface area contributed by atoms with Gasteiger partial charge in [0.05, 0.1) is 0 Å². The number of carbonyl (C=O) groups is 1. The fourth-order valence-electron chi connectivity index (χ4n) is 1.82. The first kappa shape index (κ1) is 15.3. The zero-order chi connectivity index (χ0) is 15.1. The number of nitrogens with one attached hydrogen (secondary N) is 1. The van der Waals surface area contributed by atoms with Gasteiger partial charge in [0.2, 0.25) is 0 Å². The van der Waals surface area contributed by atoms with Crippen LogP contribution in [0.5, 0.6) is 0 Å². The van der Waals surface area contributed by atoms with Crippen LogP contribution in [0, 0.1) is 0 Å². The third kappa shape index (κ3) is 4.72. The molecule has 0 aliphatic carbocycles. The van der Waals surface area contributed by atoms with Crippen LogP contribution in [0.2, 0.25) is 5.15 Å². The summed E-state index contributed by atoms with van der Waals surface area (Å²) in [7, 11) is 0. The summed E-state index contributed by atoms with van der Waals surface area (Å²) in [5.41, 5.74) is 2.33. The Bertz CT molecular complexity index is 635. The molecule has 0 aliphatic heterocycles. The number of anilines is 1. The number of rotatable bonds is 5. The van der Waals surface area contributed by atoms with E-state index in [-0.39, 0.29) is 5.91 Å². The van der Waals surface area contributed by atoms with Crippen LogP contribution in [0.4, 0.5) is 5.69 Å². The lowest BCUT2D eigenvalue weighted by Gasteiger charge is -2.05. The second kappa shape index (κ2) is 7.60. The van der Waals surface area contributed by atoms with E-state index in [1.165, 1.54) is 0 Å². The number of halogens is 1. The van der Waals surface area contributed by atoms with E-state index in [1.54, 1.807) is 18.3 Å². The van der Waals surface area contributed by atoms with Crippen molar-refractivity contribution in [2.75, 3.05) is 5.32 Å². The van der Waals surface area contributed by atoms with Crippen molar-refractivity contribution in [3.8, 4) is 0 Å². The number of hydrogen-bond acceptors (Lipinski definition) is 2. The summed E-state index contributed by atoms with van der Waals surface area (Å²) in [5, 5.41) is 3.14. The second-order valence-electron chi connectivity index (χ2n) is 4.63. The largest absolute Gasteiger partial charge is 0.322 e. The molecule has 1 N–H and O–H groups in total. The van der Waals surface area contributed by atoms with Crippen LogP contribution in [-0.2, 0) is 0 Å². The van der Waals surface area contributed by atoms with Crippen LogP contribution in [-0.4, -0.2) is 10.9 Å².